The van der Waals surface area contributed by atoms with Crippen LogP contribution >= 0.6 is 0 Å². The molecule has 0 aromatic carbocycles. The van der Waals surface area contributed by atoms with Crippen LogP contribution in [-0.4, -0.2) is 74.4 Å². The van der Waals surface area contributed by atoms with E-state index in [0.717, 1.165) is 51.0 Å². The molecule has 3 aliphatic rings. The zero-order valence-electron chi connectivity index (χ0n) is 14.1. The van der Waals surface area contributed by atoms with Gasteiger partial charge in [0.1, 0.15) is 18.0 Å². The van der Waals surface area contributed by atoms with Gasteiger partial charge in [-0.25, -0.2) is 9.97 Å². The maximum Gasteiger partial charge on any atom is 0.134 e. The Kier molecular flexibility index (Phi) is 4.11. The molecule has 0 radical (unpaired) electrons. The van der Waals surface area contributed by atoms with Crippen molar-refractivity contribution < 1.29 is 4.74 Å². The summed E-state index contributed by atoms with van der Waals surface area (Å²) < 4.78 is 5.43. The van der Waals surface area contributed by atoms with E-state index in [4.69, 9.17) is 4.74 Å². The highest BCUT2D eigenvalue weighted by Gasteiger charge is 2.39. The number of morpholine rings is 1. The van der Waals surface area contributed by atoms with E-state index in [1.165, 1.54) is 32.4 Å². The summed E-state index contributed by atoms with van der Waals surface area (Å²) in [6.07, 6.45) is 5.65. The normalized spacial score (nSPS) is 25.3. The summed E-state index contributed by atoms with van der Waals surface area (Å²) in [6.45, 7) is 8.19. The average molecular weight is 317 g/mol. The van der Waals surface area contributed by atoms with E-state index in [0.29, 0.717) is 5.41 Å². The van der Waals surface area contributed by atoms with Gasteiger partial charge in [-0.1, -0.05) is 0 Å². The van der Waals surface area contributed by atoms with Crippen molar-refractivity contribution in [3.8, 4) is 0 Å². The quantitative estimate of drug-likeness (QED) is 0.818. The maximum atomic E-state index is 5.43. The topological polar surface area (TPSA) is 44.7 Å². The van der Waals surface area contributed by atoms with Gasteiger partial charge in [0, 0.05) is 38.8 Å². The van der Waals surface area contributed by atoms with Crippen LogP contribution in [0.5, 0.6) is 0 Å². The molecule has 0 amide bonds. The highest BCUT2D eigenvalue weighted by molar-refractivity contribution is 5.50. The molecule has 23 heavy (non-hydrogen) atoms. The lowest BCUT2D eigenvalue weighted by molar-refractivity contribution is 0.122. The first-order chi connectivity index (χ1) is 11.2. The fourth-order valence-corrected chi connectivity index (χ4v) is 4.25. The van der Waals surface area contributed by atoms with Crippen molar-refractivity contribution in [2.24, 2.45) is 5.41 Å². The summed E-state index contributed by atoms with van der Waals surface area (Å²) >= 11 is 0. The molecule has 1 aromatic heterocycles. The second-order valence-electron chi connectivity index (χ2n) is 7.31. The van der Waals surface area contributed by atoms with Crippen LogP contribution in [0.4, 0.5) is 11.6 Å². The number of rotatable bonds is 2. The van der Waals surface area contributed by atoms with Crippen molar-refractivity contribution in [3.63, 3.8) is 0 Å². The van der Waals surface area contributed by atoms with Crippen LogP contribution in [0.25, 0.3) is 0 Å². The summed E-state index contributed by atoms with van der Waals surface area (Å²) in [5.74, 6) is 2.13. The Labute approximate surface area is 138 Å². The standard InChI is InChI=1S/C17H27N5O/c1-20-5-2-17(13-20)3-6-21(7-4-17)15-12-16(19-14-18-15)22-8-10-23-11-9-22/h12,14H,2-11,13H2,1H3. The van der Waals surface area contributed by atoms with Crippen LogP contribution in [0.1, 0.15) is 19.3 Å². The molecule has 0 N–H and O–H groups in total. The Morgan fingerprint density at radius 2 is 1.52 bits per heavy atom. The molecule has 0 saturated carbocycles. The minimum Gasteiger partial charge on any atom is -0.378 e. The van der Waals surface area contributed by atoms with Crippen LogP contribution in [-0.2, 0) is 4.74 Å². The number of likely N-dealkylation sites (tertiary alicyclic amines) is 1. The smallest absolute Gasteiger partial charge is 0.134 e. The number of hydrogen-bond acceptors (Lipinski definition) is 6. The van der Waals surface area contributed by atoms with Crippen LogP contribution in [0, 0.1) is 5.41 Å². The number of aromatic nitrogens is 2. The molecule has 3 fully saturated rings. The minimum atomic E-state index is 0.561. The molecule has 0 aliphatic carbocycles. The summed E-state index contributed by atoms with van der Waals surface area (Å²) in [7, 11) is 2.25. The molecule has 4 rings (SSSR count). The molecule has 3 aliphatic heterocycles. The van der Waals surface area contributed by atoms with Crippen molar-refractivity contribution in [2.75, 3.05) is 69.3 Å². The number of ether oxygens (including phenoxy) is 1. The van der Waals surface area contributed by atoms with E-state index in [1.807, 2.05) is 0 Å². The monoisotopic (exact) mass is 317 g/mol. The van der Waals surface area contributed by atoms with Gasteiger partial charge >= 0.3 is 0 Å². The number of anilines is 2. The fraction of sp³-hybridized carbons (Fsp3) is 0.765. The van der Waals surface area contributed by atoms with E-state index >= 15 is 0 Å². The molecule has 0 atom stereocenters. The van der Waals surface area contributed by atoms with Gasteiger partial charge in [-0.3, -0.25) is 0 Å². The third-order valence-corrected chi connectivity index (χ3v) is 5.75. The molecule has 126 valence electrons. The van der Waals surface area contributed by atoms with E-state index in [9.17, 15) is 0 Å². The molecule has 1 aromatic rings. The Morgan fingerprint density at radius 1 is 0.913 bits per heavy atom. The molecule has 0 unspecified atom stereocenters. The molecule has 0 bridgehead atoms. The van der Waals surface area contributed by atoms with Gasteiger partial charge in [0.15, 0.2) is 0 Å². The molecule has 1 spiro atoms. The maximum absolute atomic E-state index is 5.43. The van der Waals surface area contributed by atoms with E-state index in [2.05, 4.69) is 37.8 Å². The first-order valence-corrected chi connectivity index (χ1v) is 8.82. The van der Waals surface area contributed by atoms with Gasteiger partial charge in [0.05, 0.1) is 13.2 Å². The van der Waals surface area contributed by atoms with Gasteiger partial charge in [-0.2, -0.15) is 0 Å². The van der Waals surface area contributed by atoms with E-state index in [1.54, 1.807) is 6.33 Å². The Morgan fingerprint density at radius 3 is 2.13 bits per heavy atom. The summed E-state index contributed by atoms with van der Waals surface area (Å²) in [6, 6.07) is 2.16. The Bertz CT molecular complexity index is 538. The molecule has 6 heteroatoms. The average Bonchev–Trinajstić information content (AvgIpc) is 2.97. The predicted octanol–water partition coefficient (Wildman–Crippen LogP) is 1.24. The number of piperidine rings is 1. The van der Waals surface area contributed by atoms with Gasteiger partial charge in [0.25, 0.3) is 0 Å². The Hall–Kier alpha value is -1.40. The Balaban J connectivity index is 1.43. The van der Waals surface area contributed by atoms with Crippen molar-refractivity contribution in [1.29, 1.82) is 0 Å². The van der Waals surface area contributed by atoms with Crippen LogP contribution in [0.15, 0.2) is 12.4 Å². The van der Waals surface area contributed by atoms with E-state index < -0.39 is 0 Å². The van der Waals surface area contributed by atoms with Gasteiger partial charge in [0.2, 0.25) is 0 Å². The molecule has 4 heterocycles. The van der Waals surface area contributed by atoms with Gasteiger partial charge in [-0.15, -0.1) is 0 Å². The second kappa shape index (κ2) is 6.24. The molecular weight excluding hydrogens is 290 g/mol. The number of hydrogen-bond donors (Lipinski definition) is 0. The zero-order valence-corrected chi connectivity index (χ0v) is 14.1. The van der Waals surface area contributed by atoms with Crippen molar-refractivity contribution in [1.82, 2.24) is 14.9 Å². The van der Waals surface area contributed by atoms with Gasteiger partial charge < -0.3 is 19.4 Å². The molecule has 3 saturated heterocycles. The summed E-state index contributed by atoms with van der Waals surface area (Å²) in [5, 5.41) is 0. The first kappa shape index (κ1) is 15.1. The third kappa shape index (κ3) is 3.15. The zero-order chi connectivity index (χ0) is 15.7. The highest BCUT2D eigenvalue weighted by atomic mass is 16.5. The highest BCUT2D eigenvalue weighted by Crippen LogP contribution is 2.40. The van der Waals surface area contributed by atoms with Crippen LogP contribution in [0.3, 0.4) is 0 Å². The lowest BCUT2D eigenvalue weighted by Crippen LogP contribution is -2.42. The molecule has 6 nitrogen and oxygen atoms in total. The summed E-state index contributed by atoms with van der Waals surface area (Å²) in [4.78, 5) is 16.2. The van der Waals surface area contributed by atoms with Gasteiger partial charge in [-0.05, 0) is 38.3 Å². The lowest BCUT2D eigenvalue weighted by Gasteiger charge is -2.40. The second-order valence-corrected chi connectivity index (χ2v) is 7.31. The lowest BCUT2D eigenvalue weighted by atomic mass is 9.78. The SMILES string of the molecule is CN1CCC2(CCN(c3cc(N4CCOCC4)ncn3)CC2)C1. The number of nitrogens with zero attached hydrogens (tertiary/aromatic N) is 5. The van der Waals surface area contributed by atoms with Crippen molar-refractivity contribution in [3.05, 3.63) is 12.4 Å². The largest absolute Gasteiger partial charge is 0.378 e. The van der Waals surface area contributed by atoms with E-state index in [-0.39, 0.29) is 0 Å². The van der Waals surface area contributed by atoms with Crippen LogP contribution in [0.2, 0.25) is 0 Å². The fourth-order valence-electron chi connectivity index (χ4n) is 4.25. The van der Waals surface area contributed by atoms with Crippen molar-refractivity contribution >= 4 is 11.6 Å². The third-order valence-electron chi connectivity index (χ3n) is 5.75. The minimum absolute atomic E-state index is 0.561. The first-order valence-electron chi connectivity index (χ1n) is 8.82. The predicted molar refractivity (Wildman–Crippen MR) is 91.1 cm³/mol. The summed E-state index contributed by atoms with van der Waals surface area (Å²) in [5.41, 5.74) is 0.561. The molecular formula is C17H27N5O. The van der Waals surface area contributed by atoms with Crippen molar-refractivity contribution in [2.45, 2.75) is 19.3 Å². The van der Waals surface area contributed by atoms with Crippen LogP contribution < -0.4 is 9.80 Å².